The molecule has 3 rings (SSSR count). The number of halogens is 1. The Hall–Kier alpha value is -1.98. The van der Waals surface area contributed by atoms with Gasteiger partial charge in [0.2, 0.25) is 5.91 Å². The van der Waals surface area contributed by atoms with Crippen molar-refractivity contribution in [1.82, 2.24) is 4.98 Å². The molecular weight excluding hydrogens is 396 g/mol. The summed E-state index contributed by atoms with van der Waals surface area (Å²) in [5, 5.41) is 2.70. The smallest absolute Gasteiger partial charge is 0.233 e. The number of rotatable bonds is 4. The van der Waals surface area contributed by atoms with E-state index in [0.29, 0.717) is 11.6 Å². The molecule has 0 aliphatic carbocycles. The molecule has 0 atom stereocenters. The topological polar surface area (TPSA) is 33.2 Å². The third-order valence-electron chi connectivity index (χ3n) is 3.84. The molecule has 5 heteroatoms. The number of thiazole rings is 1. The van der Waals surface area contributed by atoms with Crippen LogP contribution in [0.2, 0.25) is 0 Å². The van der Waals surface area contributed by atoms with E-state index in [9.17, 15) is 4.79 Å². The molecule has 0 bridgehead atoms. The van der Waals surface area contributed by atoms with E-state index >= 15 is 0 Å². The first-order valence-electron chi connectivity index (χ1n) is 8.10. The summed E-state index contributed by atoms with van der Waals surface area (Å²) < 4.78 is 1.03. The molecular formula is C20H19BrN2OS. The number of anilines is 2. The Kier molecular flexibility index (Phi) is 5.35. The average molecular weight is 415 g/mol. The molecule has 0 fully saturated rings. The highest BCUT2D eigenvalue weighted by Gasteiger charge is 2.20. The van der Waals surface area contributed by atoms with Gasteiger partial charge in [0.1, 0.15) is 0 Å². The Balaban J connectivity index is 2.03. The second-order valence-electron chi connectivity index (χ2n) is 5.95. The summed E-state index contributed by atoms with van der Waals surface area (Å²) in [4.78, 5) is 19.1. The van der Waals surface area contributed by atoms with E-state index in [1.807, 2.05) is 62.5 Å². The van der Waals surface area contributed by atoms with Gasteiger partial charge in [-0.3, -0.25) is 9.69 Å². The lowest BCUT2D eigenvalue weighted by molar-refractivity contribution is -0.117. The Labute approximate surface area is 160 Å². The summed E-state index contributed by atoms with van der Waals surface area (Å²) in [5.41, 5.74) is 5.06. The van der Waals surface area contributed by atoms with Crippen LogP contribution in [0.4, 0.5) is 10.8 Å². The largest absolute Gasteiger partial charge is 0.274 e. The van der Waals surface area contributed by atoms with E-state index < -0.39 is 0 Å². The summed E-state index contributed by atoms with van der Waals surface area (Å²) in [6, 6.07) is 14.2. The Bertz CT molecular complexity index is 882. The molecule has 0 spiro atoms. The highest BCUT2D eigenvalue weighted by Crippen LogP contribution is 2.34. The van der Waals surface area contributed by atoms with Crippen LogP contribution in [0.3, 0.4) is 0 Å². The lowest BCUT2D eigenvalue weighted by Crippen LogP contribution is -2.25. The zero-order valence-electron chi connectivity index (χ0n) is 14.4. The van der Waals surface area contributed by atoms with Crippen LogP contribution >= 0.6 is 27.3 Å². The number of hydrogen-bond acceptors (Lipinski definition) is 3. The van der Waals surface area contributed by atoms with Gasteiger partial charge in [0.25, 0.3) is 0 Å². The Morgan fingerprint density at radius 1 is 1.12 bits per heavy atom. The van der Waals surface area contributed by atoms with Crippen molar-refractivity contribution in [2.45, 2.75) is 27.2 Å². The van der Waals surface area contributed by atoms with Gasteiger partial charge in [0, 0.05) is 21.8 Å². The van der Waals surface area contributed by atoms with Gasteiger partial charge < -0.3 is 0 Å². The average Bonchev–Trinajstić information content (AvgIpc) is 3.04. The van der Waals surface area contributed by atoms with E-state index in [1.165, 1.54) is 11.3 Å². The van der Waals surface area contributed by atoms with Crippen LogP contribution in [0.1, 0.15) is 24.5 Å². The third-order valence-corrected chi connectivity index (χ3v) is 5.19. The van der Waals surface area contributed by atoms with Gasteiger partial charge >= 0.3 is 0 Å². The zero-order chi connectivity index (χ0) is 18.0. The lowest BCUT2D eigenvalue weighted by atomic mass is 10.1. The molecule has 3 aromatic rings. The van der Waals surface area contributed by atoms with Crippen LogP contribution in [0, 0.1) is 13.8 Å². The fourth-order valence-corrected chi connectivity index (χ4v) is 3.85. The Morgan fingerprint density at radius 2 is 1.76 bits per heavy atom. The molecule has 128 valence electrons. The first kappa shape index (κ1) is 17.8. The van der Waals surface area contributed by atoms with Gasteiger partial charge in [-0.05, 0) is 49.2 Å². The van der Waals surface area contributed by atoms with Gasteiger partial charge in [-0.25, -0.2) is 4.98 Å². The molecule has 0 aliphatic heterocycles. The molecule has 0 radical (unpaired) electrons. The van der Waals surface area contributed by atoms with Crippen molar-refractivity contribution in [2.75, 3.05) is 4.90 Å². The van der Waals surface area contributed by atoms with E-state index in [2.05, 4.69) is 22.0 Å². The van der Waals surface area contributed by atoms with Gasteiger partial charge in [-0.15, -0.1) is 11.3 Å². The standard InChI is InChI=1S/C20H19BrN2OS/c1-4-19(24)23(17-10-13(2)9-14(3)11-17)20-22-18(12-25-20)15-5-7-16(21)8-6-15/h5-12H,4H2,1-3H3. The Morgan fingerprint density at radius 3 is 2.36 bits per heavy atom. The van der Waals surface area contributed by atoms with Gasteiger partial charge in [-0.2, -0.15) is 0 Å². The van der Waals surface area contributed by atoms with Crippen LogP contribution in [-0.2, 0) is 4.79 Å². The second-order valence-corrected chi connectivity index (χ2v) is 7.70. The van der Waals surface area contributed by atoms with Crippen molar-refractivity contribution in [3.8, 4) is 11.3 Å². The summed E-state index contributed by atoms with van der Waals surface area (Å²) >= 11 is 4.94. The van der Waals surface area contributed by atoms with E-state index in [4.69, 9.17) is 4.98 Å². The number of aromatic nitrogens is 1. The number of carbonyl (C=O) groups excluding carboxylic acids is 1. The first-order valence-corrected chi connectivity index (χ1v) is 9.78. The lowest BCUT2D eigenvalue weighted by Gasteiger charge is -2.20. The van der Waals surface area contributed by atoms with Crippen molar-refractivity contribution in [1.29, 1.82) is 0 Å². The monoisotopic (exact) mass is 414 g/mol. The van der Waals surface area contributed by atoms with Crippen LogP contribution in [0.15, 0.2) is 52.3 Å². The first-order chi connectivity index (χ1) is 12.0. The maximum absolute atomic E-state index is 12.6. The predicted octanol–water partition coefficient (Wildman–Crippen LogP) is 6.26. The fraction of sp³-hybridized carbons (Fsp3) is 0.200. The van der Waals surface area contributed by atoms with Crippen molar-refractivity contribution in [3.63, 3.8) is 0 Å². The van der Waals surface area contributed by atoms with Gasteiger partial charge in [0.15, 0.2) is 5.13 Å². The number of carbonyl (C=O) groups is 1. The molecule has 3 nitrogen and oxygen atoms in total. The minimum Gasteiger partial charge on any atom is -0.274 e. The number of amides is 1. The highest BCUT2D eigenvalue weighted by atomic mass is 79.9. The second kappa shape index (κ2) is 7.50. The maximum atomic E-state index is 12.6. The van der Waals surface area contributed by atoms with Crippen molar-refractivity contribution < 1.29 is 4.79 Å². The number of nitrogens with zero attached hydrogens (tertiary/aromatic N) is 2. The molecule has 1 heterocycles. The van der Waals surface area contributed by atoms with Gasteiger partial charge in [0.05, 0.1) is 11.4 Å². The van der Waals surface area contributed by atoms with Crippen LogP contribution in [0.25, 0.3) is 11.3 Å². The molecule has 0 N–H and O–H groups in total. The van der Waals surface area contributed by atoms with Crippen molar-refractivity contribution in [3.05, 3.63) is 63.4 Å². The summed E-state index contributed by atoms with van der Waals surface area (Å²) in [6.07, 6.45) is 0.431. The molecule has 25 heavy (non-hydrogen) atoms. The highest BCUT2D eigenvalue weighted by molar-refractivity contribution is 9.10. The molecule has 0 aliphatic rings. The van der Waals surface area contributed by atoms with E-state index in [-0.39, 0.29) is 5.91 Å². The summed E-state index contributed by atoms with van der Waals surface area (Å²) in [5.74, 6) is 0.0432. The zero-order valence-corrected chi connectivity index (χ0v) is 16.8. The molecule has 2 aromatic carbocycles. The summed E-state index contributed by atoms with van der Waals surface area (Å²) in [6.45, 7) is 5.96. The van der Waals surface area contributed by atoms with E-state index in [0.717, 1.165) is 32.5 Å². The minimum atomic E-state index is 0.0432. The van der Waals surface area contributed by atoms with E-state index in [1.54, 1.807) is 4.90 Å². The van der Waals surface area contributed by atoms with Crippen LogP contribution < -0.4 is 4.90 Å². The SMILES string of the molecule is CCC(=O)N(c1cc(C)cc(C)c1)c1nc(-c2ccc(Br)cc2)cs1. The van der Waals surface area contributed by atoms with Crippen LogP contribution in [0.5, 0.6) is 0 Å². The normalized spacial score (nSPS) is 10.7. The van der Waals surface area contributed by atoms with Crippen molar-refractivity contribution in [2.24, 2.45) is 0 Å². The van der Waals surface area contributed by atoms with Crippen LogP contribution in [-0.4, -0.2) is 10.9 Å². The quantitative estimate of drug-likeness (QED) is 0.504. The predicted molar refractivity (Wildman–Crippen MR) is 109 cm³/mol. The third kappa shape index (κ3) is 3.99. The fourth-order valence-electron chi connectivity index (χ4n) is 2.72. The number of aryl methyl sites for hydroxylation is 2. The molecule has 1 amide bonds. The number of hydrogen-bond donors (Lipinski definition) is 0. The van der Waals surface area contributed by atoms with Gasteiger partial charge in [-0.1, -0.05) is 41.1 Å². The number of benzene rings is 2. The molecule has 0 unspecified atom stereocenters. The maximum Gasteiger partial charge on any atom is 0.233 e. The summed E-state index contributed by atoms with van der Waals surface area (Å²) in [7, 11) is 0. The molecule has 0 saturated carbocycles. The van der Waals surface area contributed by atoms with Crippen molar-refractivity contribution >= 4 is 44.0 Å². The molecule has 0 saturated heterocycles. The molecule has 1 aromatic heterocycles. The minimum absolute atomic E-state index is 0.0432.